The summed E-state index contributed by atoms with van der Waals surface area (Å²) in [7, 11) is 0. The van der Waals surface area contributed by atoms with Crippen LogP contribution in [0.15, 0.2) is 36.7 Å². The highest BCUT2D eigenvalue weighted by atomic mass is 16.5. The van der Waals surface area contributed by atoms with Crippen LogP contribution in [-0.4, -0.2) is 38.8 Å². The number of nitrogens with two attached hydrogens (primary N) is 1. The highest BCUT2D eigenvalue weighted by Crippen LogP contribution is 2.09. The van der Waals surface area contributed by atoms with E-state index in [4.69, 9.17) is 10.9 Å². The van der Waals surface area contributed by atoms with Crippen molar-refractivity contribution in [3.05, 3.63) is 53.3 Å². The average Bonchev–Trinajstić information content (AvgIpc) is 3.15. The van der Waals surface area contributed by atoms with Crippen LogP contribution in [-0.2, 0) is 4.79 Å². The molecule has 0 aliphatic carbocycles. The molecule has 2 aromatic rings. The number of benzene rings is 1. The Kier molecular flexibility index (Phi) is 6.34. The summed E-state index contributed by atoms with van der Waals surface area (Å²) in [6.45, 7) is 3.13. The number of hydroxylamine groups is 1. The van der Waals surface area contributed by atoms with Gasteiger partial charge in [-0.15, -0.1) is 0 Å². The summed E-state index contributed by atoms with van der Waals surface area (Å²) in [5.74, 6) is 9.81. The lowest BCUT2D eigenvalue weighted by atomic mass is 9.95. The van der Waals surface area contributed by atoms with Crippen molar-refractivity contribution in [2.75, 3.05) is 0 Å². The molecule has 138 valence electrons. The number of H-pyrrole nitrogens is 1. The van der Waals surface area contributed by atoms with Crippen LogP contribution in [0.5, 0.6) is 0 Å². The standard InChI is InChI=1S/C19H19N5O3/c1-19(2,20)16(18(26)24-27)23-17(25)15-9-7-13(8-10-15)5-3-4-6-14-11-21-22-12-14/h7-12,16,27H,20H2,1-2H3,(H,21,22)(H,23,25)(H,24,26)/t16-/m1/s1. The molecule has 1 atom stereocenters. The third-order valence-corrected chi connectivity index (χ3v) is 3.51. The maximum absolute atomic E-state index is 12.3. The monoisotopic (exact) mass is 365 g/mol. The van der Waals surface area contributed by atoms with Crippen molar-refractivity contribution in [3.8, 4) is 23.7 Å². The molecule has 0 bridgehead atoms. The Morgan fingerprint density at radius 3 is 2.33 bits per heavy atom. The lowest BCUT2D eigenvalue weighted by Gasteiger charge is -2.29. The fourth-order valence-corrected chi connectivity index (χ4v) is 2.10. The Morgan fingerprint density at radius 2 is 1.81 bits per heavy atom. The Hall–Kier alpha value is -3.59. The number of rotatable bonds is 4. The van der Waals surface area contributed by atoms with Gasteiger partial charge in [0.25, 0.3) is 11.8 Å². The molecule has 0 saturated heterocycles. The smallest absolute Gasteiger partial charge is 0.267 e. The molecule has 2 amide bonds. The molecule has 1 aromatic heterocycles. The highest BCUT2D eigenvalue weighted by molar-refractivity contribution is 5.97. The number of nitrogens with zero attached hydrogens (tertiary/aromatic N) is 1. The minimum absolute atomic E-state index is 0.324. The van der Waals surface area contributed by atoms with E-state index in [0.29, 0.717) is 11.1 Å². The lowest BCUT2D eigenvalue weighted by molar-refractivity contribution is -0.132. The number of hydrogen-bond donors (Lipinski definition) is 5. The summed E-state index contributed by atoms with van der Waals surface area (Å²) < 4.78 is 0. The summed E-state index contributed by atoms with van der Waals surface area (Å²) >= 11 is 0. The molecule has 0 spiro atoms. The van der Waals surface area contributed by atoms with Gasteiger partial charge in [0.15, 0.2) is 0 Å². The third-order valence-electron chi connectivity index (χ3n) is 3.51. The number of hydrogen-bond acceptors (Lipinski definition) is 5. The SMILES string of the molecule is CC(C)(N)[C@H](NC(=O)c1ccc(C#CC#Cc2cn[nH]c2)cc1)C(=O)NO. The molecular formula is C19H19N5O3. The summed E-state index contributed by atoms with van der Waals surface area (Å²) in [5, 5.41) is 17.8. The minimum Gasteiger partial charge on any atom is -0.338 e. The largest absolute Gasteiger partial charge is 0.338 e. The first-order chi connectivity index (χ1) is 12.8. The normalized spacial score (nSPS) is 11.3. The zero-order valence-electron chi connectivity index (χ0n) is 14.8. The predicted molar refractivity (Wildman–Crippen MR) is 98.2 cm³/mol. The molecule has 6 N–H and O–H groups in total. The molecule has 0 fully saturated rings. The van der Waals surface area contributed by atoms with Crippen LogP contribution >= 0.6 is 0 Å². The Morgan fingerprint density at radius 1 is 1.19 bits per heavy atom. The van der Waals surface area contributed by atoms with E-state index in [9.17, 15) is 9.59 Å². The second kappa shape index (κ2) is 8.68. The van der Waals surface area contributed by atoms with Gasteiger partial charge in [0.05, 0.1) is 11.8 Å². The fourth-order valence-electron chi connectivity index (χ4n) is 2.10. The summed E-state index contributed by atoms with van der Waals surface area (Å²) in [6, 6.07) is 5.36. The van der Waals surface area contributed by atoms with Crippen LogP contribution in [0, 0.1) is 23.7 Å². The Labute approximate surface area is 156 Å². The van der Waals surface area contributed by atoms with E-state index in [1.54, 1.807) is 50.5 Å². The molecule has 0 aliphatic rings. The van der Waals surface area contributed by atoms with Gasteiger partial charge in [-0.2, -0.15) is 5.10 Å². The van der Waals surface area contributed by atoms with Gasteiger partial charge >= 0.3 is 0 Å². The Bertz CT molecular complexity index is 920. The molecule has 1 aromatic carbocycles. The van der Waals surface area contributed by atoms with E-state index in [2.05, 4.69) is 39.2 Å². The first-order valence-corrected chi connectivity index (χ1v) is 7.96. The zero-order valence-corrected chi connectivity index (χ0v) is 14.8. The maximum Gasteiger partial charge on any atom is 0.267 e. The van der Waals surface area contributed by atoms with Crippen LogP contribution in [0.1, 0.15) is 35.3 Å². The minimum atomic E-state index is -1.10. The van der Waals surface area contributed by atoms with E-state index in [-0.39, 0.29) is 0 Å². The number of aromatic nitrogens is 2. The van der Waals surface area contributed by atoms with Gasteiger partial charge in [0.1, 0.15) is 6.04 Å². The van der Waals surface area contributed by atoms with Crippen molar-refractivity contribution < 1.29 is 14.8 Å². The zero-order chi connectivity index (χ0) is 19.9. The van der Waals surface area contributed by atoms with Crippen molar-refractivity contribution in [2.45, 2.75) is 25.4 Å². The highest BCUT2D eigenvalue weighted by Gasteiger charge is 2.33. The molecule has 0 unspecified atom stereocenters. The number of amides is 2. The van der Waals surface area contributed by atoms with E-state index in [1.807, 2.05) is 0 Å². The first kappa shape index (κ1) is 19.7. The van der Waals surface area contributed by atoms with Gasteiger partial charge < -0.3 is 11.1 Å². The van der Waals surface area contributed by atoms with Crippen LogP contribution in [0.3, 0.4) is 0 Å². The lowest BCUT2D eigenvalue weighted by Crippen LogP contribution is -2.61. The molecule has 1 heterocycles. The molecule has 0 aliphatic heterocycles. The van der Waals surface area contributed by atoms with Crippen molar-refractivity contribution in [1.82, 2.24) is 21.0 Å². The summed E-state index contributed by atoms with van der Waals surface area (Å²) in [6.07, 6.45) is 3.25. The molecule has 0 saturated carbocycles. The molecule has 2 rings (SSSR count). The van der Waals surface area contributed by atoms with Gasteiger partial charge in [0, 0.05) is 22.9 Å². The number of carbonyl (C=O) groups is 2. The van der Waals surface area contributed by atoms with Crippen LogP contribution in [0.25, 0.3) is 0 Å². The van der Waals surface area contributed by atoms with Crippen molar-refractivity contribution in [2.24, 2.45) is 5.73 Å². The average molecular weight is 365 g/mol. The first-order valence-electron chi connectivity index (χ1n) is 7.96. The van der Waals surface area contributed by atoms with Gasteiger partial charge in [-0.1, -0.05) is 5.92 Å². The summed E-state index contributed by atoms with van der Waals surface area (Å²) in [4.78, 5) is 24.0. The van der Waals surface area contributed by atoms with Gasteiger partial charge in [-0.05, 0) is 55.9 Å². The number of nitrogens with one attached hydrogen (secondary N) is 3. The van der Waals surface area contributed by atoms with Crippen molar-refractivity contribution in [1.29, 1.82) is 0 Å². The Balaban J connectivity index is 2.06. The number of aromatic amines is 1. The third kappa shape index (κ3) is 5.72. The van der Waals surface area contributed by atoms with Crippen molar-refractivity contribution in [3.63, 3.8) is 0 Å². The maximum atomic E-state index is 12.3. The molecule has 8 nitrogen and oxygen atoms in total. The molecule has 0 radical (unpaired) electrons. The van der Waals surface area contributed by atoms with E-state index in [0.717, 1.165) is 5.56 Å². The van der Waals surface area contributed by atoms with Crippen LogP contribution in [0.2, 0.25) is 0 Å². The molecular weight excluding hydrogens is 346 g/mol. The molecule has 27 heavy (non-hydrogen) atoms. The molecule has 8 heteroatoms. The number of carbonyl (C=O) groups excluding carboxylic acids is 2. The second-order valence-electron chi connectivity index (χ2n) is 6.27. The topological polar surface area (TPSA) is 133 Å². The van der Waals surface area contributed by atoms with Crippen LogP contribution in [0.4, 0.5) is 0 Å². The van der Waals surface area contributed by atoms with Gasteiger partial charge in [-0.3, -0.25) is 19.9 Å². The van der Waals surface area contributed by atoms with Crippen molar-refractivity contribution >= 4 is 11.8 Å². The fraction of sp³-hybridized carbons (Fsp3) is 0.211. The van der Waals surface area contributed by atoms with Gasteiger partial charge in [0.2, 0.25) is 0 Å². The van der Waals surface area contributed by atoms with E-state index >= 15 is 0 Å². The van der Waals surface area contributed by atoms with Crippen LogP contribution < -0.4 is 16.5 Å². The van der Waals surface area contributed by atoms with E-state index < -0.39 is 23.4 Å². The predicted octanol–water partition coefficient (Wildman–Crippen LogP) is 0.154. The quantitative estimate of drug-likeness (QED) is 0.299. The second-order valence-corrected chi connectivity index (χ2v) is 6.27. The van der Waals surface area contributed by atoms with E-state index in [1.165, 1.54) is 5.48 Å². The van der Waals surface area contributed by atoms with Gasteiger partial charge in [-0.25, -0.2) is 5.48 Å². The summed E-state index contributed by atoms with van der Waals surface area (Å²) in [5.41, 5.74) is 8.06.